The molecule has 1 aliphatic carbocycles. The maximum Gasteiger partial charge on any atom is 0.270 e. The van der Waals surface area contributed by atoms with E-state index in [1.165, 1.54) is 0 Å². The third-order valence-electron chi connectivity index (χ3n) is 4.87. The topological polar surface area (TPSA) is 142 Å². The Labute approximate surface area is 176 Å². The number of carbonyl (C=O) groups is 3. The highest BCUT2D eigenvalue weighted by molar-refractivity contribution is 7.86. The molecule has 9 nitrogen and oxygen atoms in total. The Morgan fingerprint density at radius 2 is 1.70 bits per heavy atom. The SMILES string of the molecule is CC(C)NC1(C(=O)NCC(=O)NCc2ccc(C(=O)C(C)C)cc2)CC1S(=O)(=O)O. The predicted molar refractivity (Wildman–Crippen MR) is 111 cm³/mol. The first-order chi connectivity index (χ1) is 13.9. The van der Waals surface area contributed by atoms with Crippen molar-refractivity contribution in [2.45, 2.75) is 57.5 Å². The van der Waals surface area contributed by atoms with Crippen LogP contribution in [-0.2, 0) is 26.3 Å². The molecule has 4 N–H and O–H groups in total. The van der Waals surface area contributed by atoms with E-state index in [0.29, 0.717) is 5.56 Å². The van der Waals surface area contributed by atoms with Gasteiger partial charge in [0.15, 0.2) is 5.78 Å². The van der Waals surface area contributed by atoms with Gasteiger partial charge in [-0.2, -0.15) is 8.42 Å². The van der Waals surface area contributed by atoms with Gasteiger partial charge in [0.2, 0.25) is 11.8 Å². The zero-order valence-corrected chi connectivity index (χ0v) is 18.4. The van der Waals surface area contributed by atoms with Gasteiger partial charge in [-0.3, -0.25) is 24.3 Å². The minimum Gasteiger partial charge on any atom is -0.350 e. The molecule has 0 aliphatic heterocycles. The molecule has 1 aromatic carbocycles. The van der Waals surface area contributed by atoms with Crippen LogP contribution in [0.3, 0.4) is 0 Å². The van der Waals surface area contributed by atoms with Crippen LogP contribution >= 0.6 is 0 Å². The second-order valence-electron chi connectivity index (χ2n) is 8.15. The Balaban J connectivity index is 1.87. The van der Waals surface area contributed by atoms with Crippen LogP contribution in [-0.4, -0.2) is 53.9 Å². The molecule has 2 unspecified atom stereocenters. The van der Waals surface area contributed by atoms with Crippen LogP contribution < -0.4 is 16.0 Å². The monoisotopic (exact) mass is 439 g/mol. The summed E-state index contributed by atoms with van der Waals surface area (Å²) in [4.78, 5) is 36.5. The van der Waals surface area contributed by atoms with Gasteiger partial charge in [-0.25, -0.2) is 0 Å². The molecule has 166 valence electrons. The van der Waals surface area contributed by atoms with Gasteiger partial charge in [0.1, 0.15) is 10.8 Å². The molecule has 1 aromatic rings. The van der Waals surface area contributed by atoms with Crippen molar-refractivity contribution in [3.8, 4) is 0 Å². The van der Waals surface area contributed by atoms with Crippen LogP contribution in [0.2, 0.25) is 0 Å². The van der Waals surface area contributed by atoms with Gasteiger partial charge in [-0.1, -0.05) is 38.1 Å². The zero-order valence-electron chi connectivity index (χ0n) is 17.6. The lowest BCUT2D eigenvalue weighted by molar-refractivity contribution is -0.128. The molecule has 0 heterocycles. The first-order valence-corrected chi connectivity index (χ1v) is 11.3. The van der Waals surface area contributed by atoms with Gasteiger partial charge >= 0.3 is 0 Å². The number of hydrogen-bond donors (Lipinski definition) is 4. The quantitative estimate of drug-likeness (QED) is 0.310. The average molecular weight is 440 g/mol. The maximum absolute atomic E-state index is 12.5. The van der Waals surface area contributed by atoms with Crippen molar-refractivity contribution in [3.63, 3.8) is 0 Å². The molecule has 1 saturated carbocycles. The molecule has 1 fully saturated rings. The van der Waals surface area contributed by atoms with Crippen LogP contribution in [0.15, 0.2) is 24.3 Å². The largest absolute Gasteiger partial charge is 0.350 e. The molecular formula is C20H29N3O6S. The van der Waals surface area contributed by atoms with Gasteiger partial charge in [0, 0.05) is 24.1 Å². The molecule has 2 atom stereocenters. The summed E-state index contributed by atoms with van der Waals surface area (Å²) in [6, 6.07) is 6.71. The first-order valence-electron chi connectivity index (χ1n) is 9.79. The lowest BCUT2D eigenvalue weighted by Crippen LogP contribution is -2.53. The highest BCUT2D eigenvalue weighted by Crippen LogP contribution is 2.42. The minimum absolute atomic E-state index is 0.0421. The summed E-state index contributed by atoms with van der Waals surface area (Å²) in [5.74, 6) is -1.15. The number of nitrogens with one attached hydrogen (secondary N) is 3. The number of ketones is 1. The molecule has 0 aromatic heterocycles. The Hall–Kier alpha value is -2.30. The molecule has 2 amide bonds. The van der Waals surface area contributed by atoms with E-state index in [4.69, 9.17) is 0 Å². The minimum atomic E-state index is -4.38. The molecule has 0 bridgehead atoms. The van der Waals surface area contributed by atoms with Crippen molar-refractivity contribution in [2.24, 2.45) is 5.92 Å². The lowest BCUT2D eigenvalue weighted by atomic mass is 10.00. The smallest absolute Gasteiger partial charge is 0.270 e. The number of hydrogen-bond acceptors (Lipinski definition) is 6. The van der Waals surface area contributed by atoms with Crippen LogP contribution in [0.5, 0.6) is 0 Å². The van der Waals surface area contributed by atoms with Crippen molar-refractivity contribution in [3.05, 3.63) is 35.4 Å². The maximum atomic E-state index is 12.5. The van der Waals surface area contributed by atoms with Gasteiger partial charge in [0.25, 0.3) is 10.1 Å². The number of benzene rings is 1. The summed E-state index contributed by atoms with van der Waals surface area (Å²) in [7, 11) is -4.38. The molecule has 0 saturated heterocycles. The van der Waals surface area contributed by atoms with Gasteiger partial charge in [-0.15, -0.1) is 0 Å². The highest BCUT2D eigenvalue weighted by atomic mass is 32.2. The van der Waals surface area contributed by atoms with E-state index in [1.54, 1.807) is 38.1 Å². The van der Waals surface area contributed by atoms with E-state index >= 15 is 0 Å². The summed E-state index contributed by atoms with van der Waals surface area (Å²) in [5.41, 5.74) is -0.0319. The van der Waals surface area contributed by atoms with E-state index in [-0.39, 0.29) is 37.3 Å². The van der Waals surface area contributed by atoms with Crippen molar-refractivity contribution in [1.29, 1.82) is 0 Å². The van der Waals surface area contributed by atoms with E-state index in [2.05, 4.69) is 16.0 Å². The molecule has 0 radical (unpaired) electrons. The van der Waals surface area contributed by atoms with Crippen molar-refractivity contribution in [1.82, 2.24) is 16.0 Å². The van der Waals surface area contributed by atoms with Crippen molar-refractivity contribution < 1.29 is 27.4 Å². The molecular weight excluding hydrogens is 410 g/mol. The second-order valence-corrected chi connectivity index (χ2v) is 9.75. The van der Waals surface area contributed by atoms with E-state index < -0.39 is 32.7 Å². The Bertz CT molecular complexity index is 911. The molecule has 0 spiro atoms. The zero-order chi connectivity index (χ0) is 22.7. The van der Waals surface area contributed by atoms with E-state index in [0.717, 1.165) is 5.56 Å². The van der Waals surface area contributed by atoms with Crippen molar-refractivity contribution >= 4 is 27.7 Å². The number of rotatable bonds is 10. The van der Waals surface area contributed by atoms with Crippen molar-refractivity contribution in [2.75, 3.05) is 6.54 Å². The fraction of sp³-hybridized carbons (Fsp3) is 0.550. The lowest BCUT2D eigenvalue weighted by Gasteiger charge is -2.20. The fourth-order valence-electron chi connectivity index (χ4n) is 3.27. The molecule has 30 heavy (non-hydrogen) atoms. The summed E-state index contributed by atoms with van der Waals surface area (Å²) >= 11 is 0. The number of amides is 2. The molecule has 1 aliphatic rings. The Morgan fingerprint density at radius 1 is 1.10 bits per heavy atom. The highest BCUT2D eigenvalue weighted by Gasteiger charge is 2.66. The summed E-state index contributed by atoms with van der Waals surface area (Å²) < 4.78 is 32.1. The molecule has 10 heteroatoms. The number of Topliss-reactive ketones (excluding diaryl/α,β-unsaturated/α-hetero) is 1. The Kier molecular flexibility index (Phi) is 7.38. The summed E-state index contributed by atoms with van der Waals surface area (Å²) in [5, 5.41) is 6.73. The van der Waals surface area contributed by atoms with E-state index in [1.807, 2.05) is 13.8 Å². The molecule has 2 rings (SSSR count). The van der Waals surface area contributed by atoms with Crippen LogP contribution in [0, 0.1) is 5.92 Å². The Morgan fingerprint density at radius 3 is 2.17 bits per heavy atom. The fourth-order valence-corrected chi connectivity index (χ4v) is 4.42. The predicted octanol–water partition coefficient (Wildman–Crippen LogP) is 0.655. The summed E-state index contributed by atoms with van der Waals surface area (Å²) in [6.45, 7) is 7.04. The third-order valence-corrected chi connectivity index (χ3v) is 6.16. The van der Waals surface area contributed by atoms with Crippen LogP contribution in [0.1, 0.15) is 50.0 Å². The van der Waals surface area contributed by atoms with Gasteiger partial charge in [0.05, 0.1) is 6.54 Å². The number of carbonyl (C=O) groups excluding carboxylic acids is 3. The van der Waals surface area contributed by atoms with Crippen LogP contribution in [0.25, 0.3) is 0 Å². The average Bonchev–Trinajstić information content (AvgIpc) is 3.39. The first kappa shape index (κ1) is 24.0. The van der Waals surface area contributed by atoms with Gasteiger partial charge in [-0.05, 0) is 25.8 Å². The van der Waals surface area contributed by atoms with Gasteiger partial charge < -0.3 is 10.6 Å². The normalized spacial score (nSPS) is 20.8. The third kappa shape index (κ3) is 5.87. The standard InChI is InChI=1S/C20H29N3O6S/c1-12(2)18(25)15-7-5-14(6-8-15)10-21-17(24)11-22-19(26)20(23-13(3)4)9-16(20)30(27,28)29/h5-8,12-13,16,23H,9-11H2,1-4H3,(H,21,24)(H,22,26)(H,27,28,29). The second kappa shape index (κ2) is 9.23. The van der Waals surface area contributed by atoms with Crippen LogP contribution in [0.4, 0.5) is 0 Å². The summed E-state index contributed by atoms with van der Waals surface area (Å²) in [6.07, 6.45) is -0.0566. The van der Waals surface area contributed by atoms with E-state index in [9.17, 15) is 27.4 Å².